The van der Waals surface area contributed by atoms with Gasteiger partial charge in [0.1, 0.15) is 0 Å². The number of fused-ring (bicyclic) bond motifs is 1. The summed E-state index contributed by atoms with van der Waals surface area (Å²) in [6.07, 6.45) is -21.1. The normalized spacial score (nSPS) is 14.3. The lowest BCUT2D eigenvalue weighted by molar-refractivity contribution is -0.144. The van der Waals surface area contributed by atoms with E-state index in [0.717, 1.165) is 28.4 Å². The van der Waals surface area contributed by atoms with Crippen molar-refractivity contribution in [3.63, 3.8) is 0 Å². The zero-order chi connectivity index (χ0) is 41.5. The topological polar surface area (TPSA) is 51.7 Å². The molecule has 0 unspecified atom stereocenters. The minimum Gasteiger partial charge on any atom is -0.368 e. The molecule has 5 aromatic rings. The zero-order valence-electron chi connectivity index (χ0n) is 30.0. The number of hydrogen-bond donors (Lipinski definition) is 1. The SMILES string of the molecule is Cc1ccc2c(N3CCN(CCc4cccc(N(C(=O)Nc5cc(C(F)(F)F)cc(C(F)(F)F)c5)c5cc(C(F)(F)F)cc(C(F)(F)F)c5)c4)CC3)cccc2n1.Cl. The van der Waals surface area contributed by atoms with E-state index in [2.05, 4.69) is 14.8 Å². The predicted molar refractivity (Wildman–Crippen MR) is 197 cm³/mol. The molecule has 58 heavy (non-hydrogen) atoms. The number of carbonyl (C=O) groups excluding carboxylic acids is 1. The molecule has 4 aromatic carbocycles. The van der Waals surface area contributed by atoms with Gasteiger partial charge in [-0.1, -0.05) is 18.2 Å². The van der Waals surface area contributed by atoms with Crippen LogP contribution in [0.1, 0.15) is 33.5 Å². The first-order valence-corrected chi connectivity index (χ1v) is 17.2. The van der Waals surface area contributed by atoms with E-state index in [1.54, 1.807) is 6.07 Å². The van der Waals surface area contributed by atoms with Gasteiger partial charge in [0, 0.05) is 55.2 Å². The van der Waals surface area contributed by atoms with Crippen LogP contribution in [0.4, 0.5) is 80.2 Å². The molecule has 0 radical (unpaired) electrons. The van der Waals surface area contributed by atoms with Crippen LogP contribution in [0.5, 0.6) is 0 Å². The molecule has 0 bridgehead atoms. The van der Waals surface area contributed by atoms with Gasteiger partial charge < -0.3 is 10.2 Å². The number of pyridine rings is 1. The summed E-state index contributed by atoms with van der Waals surface area (Å²) in [5.74, 6) is 0. The second-order valence-corrected chi connectivity index (χ2v) is 13.4. The molecule has 6 nitrogen and oxygen atoms in total. The molecule has 0 aliphatic carbocycles. The van der Waals surface area contributed by atoms with Crippen LogP contribution in [-0.2, 0) is 31.1 Å². The van der Waals surface area contributed by atoms with E-state index in [1.807, 2.05) is 42.6 Å². The van der Waals surface area contributed by atoms with Crippen molar-refractivity contribution in [2.45, 2.75) is 38.0 Å². The molecule has 1 aliphatic heterocycles. The van der Waals surface area contributed by atoms with Crippen molar-refractivity contribution in [3.8, 4) is 0 Å². The van der Waals surface area contributed by atoms with Crippen molar-refractivity contribution < 1.29 is 57.5 Å². The van der Waals surface area contributed by atoms with Crippen LogP contribution in [0.15, 0.2) is 91.0 Å². The second kappa shape index (κ2) is 16.6. The largest absolute Gasteiger partial charge is 0.416 e. The van der Waals surface area contributed by atoms with Gasteiger partial charge >= 0.3 is 30.7 Å². The van der Waals surface area contributed by atoms with Crippen molar-refractivity contribution in [2.75, 3.05) is 47.8 Å². The number of nitrogens with one attached hydrogen (secondary N) is 1. The Labute approximate surface area is 329 Å². The van der Waals surface area contributed by atoms with Gasteiger partial charge in [-0.05, 0) is 91.7 Å². The van der Waals surface area contributed by atoms with E-state index in [-0.39, 0.29) is 54.5 Å². The Hall–Kier alpha value is -5.23. The van der Waals surface area contributed by atoms with Gasteiger partial charge in [0.25, 0.3) is 0 Å². The molecule has 2 amide bonds. The molecule has 1 aromatic heterocycles. The maximum absolute atomic E-state index is 13.9. The molecule has 0 spiro atoms. The molecule has 1 fully saturated rings. The maximum atomic E-state index is 13.9. The highest BCUT2D eigenvalue weighted by Gasteiger charge is 2.40. The Bertz CT molecular complexity index is 2200. The van der Waals surface area contributed by atoms with Crippen LogP contribution < -0.4 is 15.1 Å². The Morgan fingerprint density at radius 3 is 1.74 bits per heavy atom. The van der Waals surface area contributed by atoms with Crippen LogP contribution in [0.25, 0.3) is 10.9 Å². The third kappa shape index (κ3) is 10.2. The number of urea groups is 1. The standard InChI is InChI=1S/C39H31F12N5O.ClH/c1-23-8-9-32-33(52-23)6-3-7-34(32)55-14-12-54(13-15-55)11-10-24-4-2-5-30(16-24)56(31-21-27(38(46,47)48)18-28(22-31)39(49,50)51)35(57)53-29-19-25(36(40,41)42)17-26(20-29)37(43,44)45;/h2-9,16-22H,10-15H2,1H3,(H,53,57);1H. The summed E-state index contributed by atoms with van der Waals surface area (Å²) in [5, 5.41) is 2.82. The molecule has 19 heteroatoms. The number of hydrogen-bond acceptors (Lipinski definition) is 4. The molecule has 0 atom stereocenters. The Balaban J connectivity index is 0.00000641. The minimum atomic E-state index is -5.35. The number of benzene rings is 4. The van der Waals surface area contributed by atoms with E-state index in [0.29, 0.717) is 49.6 Å². The number of anilines is 4. The van der Waals surface area contributed by atoms with E-state index in [1.165, 1.54) is 12.1 Å². The van der Waals surface area contributed by atoms with Crippen molar-refractivity contribution in [1.29, 1.82) is 0 Å². The van der Waals surface area contributed by atoms with Crippen LogP contribution in [-0.4, -0.2) is 48.6 Å². The van der Waals surface area contributed by atoms with Gasteiger partial charge in [-0.15, -0.1) is 12.4 Å². The van der Waals surface area contributed by atoms with Crippen LogP contribution in [0.3, 0.4) is 0 Å². The Morgan fingerprint density at radius 1 is 0.655 bits per heavy atom. The van der Waals surface area contributed by atoms with Gasteiger partial charge in [0.15, 0.2) is 0 Å². The Morgan fingerprint density at radius 2 is 1.19 bits per heavy atom. The summed E-state index contributed by atoms with van der Waals surface area (Å²) in [5.41, 5.74) is -6.41. The van der Waals surface area contributed by atoms with Gasteiger partial charge in [-0.25, -0.2) is 4.79 Å². The molecule has 2 heterocycles. The first kappa shape index (κ1) is 43.9. The highest BCUT2D eigenvalue weighted by atomic mass is 35.5. The number of alkyl halides is 12. The van der Waals surface area contributed by atoms with Crippen LogP contribution in [0, 0.1) is 6.92 Å². The lowest BCUT2D eigenvalue weighted by Crippen LogP contribution is -2.47. The minimum absolute atomic E-state index is 0. The van der Waals surface area contributed by atoms with Gasteiger partial charge in [-0.3, -0.25) is 14.8 Å². The van der Waals surface area contributed by atoms with Crippen LogP contribution >= 0.6 is 12.4 Å². The molecule has 1 saturated heterocycles. The highest BCUT2D eigenvalue weighted by molar-refractivity contribution is 6.07. The number of nitrogens with zero attached hydrogens (tertiary/aromatic N) is 4. The molecular formula is C39H32ClF12N5O. The summed E-state index contributed by atoms with van der Waals surface area (Å²) >= 11 is 0. The zero-order valence-corrected chi connectivity index (χ0v) is 30.9. The highest BCUT2D eigenvalue weighted by Crippen LogP contribution is 2.42. The summed E-state index contributed by atoms with van der Waals surface area (Å²) in [6, 6.07) is 13.9. The molecule has 1 N–H and O–H groups in total. The van der Waals surface area contributed by atoms with E-state index in [4.69, 9.17) is 0 Å². The number of aryl methyl sites for hydroxylation is 1. The monoisotopic (exact) mass is 849 g/mol. The first-order valence-electron chi connectivity index (χ1n) is 17.2. The molecular weight excluding hydrogens is 818 g/mol. The van der Waals surface area contributed by atoms with Gasteiger partial charge in [0.2, 0.25) is 0 Å². The number of carbonyl (C=O) groups is 1. The quantitative estimate of drug-likeness (QED) is 0.166. The van der Waals surface area contributed by atoms with Crippen molar-refractivity contribution in [3.05, 3.63) is 125 Å². The summed E-state index contributed by atoms with van der Waals surface area (Å²) < 4.78 is 165. The fourth-order valence-electron chi connectivity index (χ4n) is 6.52. The second-order valence-electron chi connectivity index (χ2n) is 13.4. The average molecular weight is 850 g/mol. The summed E-state index contributed by atoms with van der Waals surface area (Å²) in [7, 11) is 0. The van der Waals surface area contributed by atoms with Crippen molar-refractivity contribution in [1.82, 2.24) is 9.88 Å². The molecule has 310 valence electrons. The number of rotatable bonds is 7. The number of aromatic nitrogens is 1. The van der Waals surface area contributed by atoms with E-state index < -0.39 is 64.4 Å². The fraction of sp³-hybridized carbons (Fsp3) is 0.282. The summed E-state index contributed by atoms with van der Waals surface area (Å²) in [4.78, 5) is 23.1. The maximum Gasteiger partial charge on any atom is 0.416 e. The van der Waals surface area contributed by atoms with E-state index in [9.17, 15) is 57.5 Å². The fourth-order valence-corrected chi connectivity index (χ4v) is 6.52. The lowest BCUT2D eigenvalue weighted by Gasteiger charge is -2.36. The summed E-state index contributed by atoms with van der Waals surface area (Å²) in [6.45, 7) is 4.93. The van der Waals surface area contributed by atoms with Crippen molar-refractivity contribution >= 4 is 52.1 Å². The van der Waals surface area contributed by atoms with Crippen molar-refractivity contribution in [2.24, 2.45) is 0 Å². The van der Waals surface area contributed by atoms with Gasteiger partial charge in [-0.2, -0.15) is 52.7 Å². The first-order chi connectivity index (χ1) is 26.6. The predicted octanol–water partition coefficient (Wildman–Crippen LogP) is 11.8. The number of halogens is 13. The van der Waals surface area contributed by atoms with Gasteiger partial charge in [0.05, 0.1) is 39.1 Å². The Kier molecular flexibility index (Phi) is 12.5. The van der Waals surface area contributed by atoms with Crippen LogP contribution in [0.2, 0.25) is 0 Å². The molecule has 1 aliphatic rings. The third-order valence-electron chi connectivity index (χ3n) is 9.32. The third-order valence-corrected chi connectivity index (χ3v) is 9.32. The smallest absolute Gasteiger partial charge is 0.368 e. The molecule has 0 saturated carbocycles. The number of piperazine rings is 1. The van der Waals surface area contributed by atoms with E-state index >= 15 is 0 Å². The number of amides is 2. The molecule has 6 rings (SSSR count). The lowest BCUT2D eigenvalue weighted by atomic mass is 10.1. The average Bonchev–Trinajstić information content (AvgIpc) is 3.12.